The molecule has 4 saturated carbocycles. The number of hydrogen-bond donors (Lipinski definition) is 0. The third-order valence-corrected chi connectivity index (χ3v) is 7.19. The van der Waals surface area contributed by atoms with Crippen molar-refractivity contribution in [2.75, 3.05) is 7.11 Å². The fraction of sp³-hybridized carbons (Fsp3) is 0.944. The van der Waals surface area contributed by atoms with Gasteiger partial charge in [-0.25, -0.2) is 0 Å². The standard InChI is InChI=1S/C18H29NO/c1-20-19-18-11-10-16-15-7-6-12-4-2-3-5-13(12)14(15)8-9-17(16)18/h12-17H,2-11H2,1H3/b19-18+. The minimum atomic E-state index is 0.774. The Morgan fingerprint density at radius 1 is 0.800 bits per heavy atom. The summed E-state index contributed by atoms with van der Waals surface area (Å²) in [6, 6.07) is 0. The van der Waals surface area contributed by atoms with Gasteiger partial charge in [-0.1, -0.05) is 24.4 Å². The van der Waals surface area contributed by atoms with E-state index in [1.807, 2.05) is 0 Å². The molecule has 0 amide bonds. The lowest BCUT2D eigenvalue weighted by atomic mass is 9.54. The number of rotatable bonds is 1. The molecular formula is C18H29NO. The number of fused-ring (bicyclic) bond motifs is 5. The molecule has 0 aromatic rings. The van der Waals surface area contributed by atoms with Crippen molar-refractivity contribution in [1.82, 2.24) is 0 Å². The summed E-state index contributed by atoms with van der Waals surface area (Å²) < 4.78 is 0. The average molecular weight is 275 g/mol. The van der Waals surface area contributed by atoms with Crippen LogP contribution < -0.4 is 0 Å². The topological polar surface area (TPSA) is 21.6 Å². The zero-order valence-electron chi connectivity index (χ0n) is 12.9. The third-order valence-electron chi connectivity index (χ3n) is 7.19. The predicted molar refractivity (Wildman–Crippen MR) is 81.6 cm³/mol. The molecule has 112 valence electrons. The van der Waals surface area contributed by atoms with Gasteiger partial charge in [-0.05, 0) is 74.5 Å². The van der Waals surface area contributed by atoms with Gasteiger partial charge >= 0.3 is 0 Å². The average Bonchev–Trinajstić information content (AvgIpc) is 2.91. The molecule has 0 aromatic heterocycles. The summed E-state index contributed by atoms with van der Waals surface area (Å²) in [5.74, 6) is 6.00. The van der Waals surface area contributed by atoms with E-state index in [0.29, 0.717) is 0 Å². The smallest absolute Gasteiger partial charge is 0.106 e. The molecule has 0 N–H and O–H groups in total. The molecule has 0 heterocycles. The van der Waals surface area contributed by atoms with Gasteiger partial charge in [0.1, 0.15) is 7.11 Å². The van der Waals surface area contributed by atoms with Gasteiger partial charge in [0.05, 0.1) is 5.71 Å². The first-order valence-corrected chi connectivity index (χ1v) is 8.98. The van der Waals surface area contributed by atoms with Crippen LogP contribution in [0.15, 0.2) is 5.16 Å². The summed E-state index contributed by atoms with van der Waals surface area (Å²) in [6.07, 6.45) is 14.6. The zero-order valence-corrected chi connectivity index (χ0v) is 12.9. The maximum Gasteiger partial charge on any atom is 0.106 e. The SMILES string of the molecule is CO/N=C1\CCC2C1CCC1C3CCCCC3CCC21. The van der Waals surface area contributed by atoms with Crippen molar-refractivity contribution < 1.29 is 4.84 Å². The molecule has 0 aliphatic heterocycles. The third kappa shape index (κ3) is 2.02. The van der Waals surface area contributed by atoms with Gasteiger partial charge in [-0.3, -0.25) is 0 Å². The summed E-state index contributed by atoms with van der Waals surface area (Å²) in [7, 11) is 1.71. The summed E-state index contributed by atoms with van der Waals surface area (Å²) in [6.45, 7) is 0. The highest BCUT2D eigenvalue weighted by molar-refractivity contribution is 5.88. The second-order valence-corrected chi connectivity index (χ2v) is 7.77. The second-order valence-electron chi connectivity index (χ2n) is 7.77. The first-order chi connectivity index (χ1) is 9.88. The highest BCUT2D eigenvalue weighted by atomic mass is 16.6. The quantitative estimate of drug-likeness (QED) is 0.639. The molecule has 20 heavy (non-hydrogen) atoms. The molecule has 0 aromatic carbocycles. The minimum Gasteiger partial charge on any atom is -0.399 e. The van der Waals surface area contributed by atoms with Crippen LogP contribution in [0.4, 0.5) is 0 Å². The number of nitrogens with zero attached hydrogens (tertiary/aromatic N) is 1. The lowest BCUT2D eigenvalue weighted by Gasteiger charge is -2.51. The van der Waals surface area contributed by atoms with E-state index in [9.17, 15) is 0 Å². The van der Waals surface area contributed by atoms with Crippen LogP contribution in [-0.4, -0.2) is 12.8 Å². The molecule has 6 atom stereocenters. The van der Waals surface area contributed by atoms with E-state index in [-0.39, 0.29) is 0 Å². The van der Waals surface area contributed by atoms with Crippen LogP contribution in [-0.2, 0) is 4.84 Å². The van der Waals surface area contributed by atoms with E-state index in [4.69, 9.17) is 4.84 Å². The van der Waals surface area contributed by atoms with Gasteiger partial charge in [-0.15, -0.1) is 0 Å². The largest absolute Gasteiger partial charge is 0.399 e. The van der Waals surface area contributed by atoms with Crippen LogP contribution in [0.3, 0.4) is 0 Å². The van der Waals surface area contributed by atoms with Crippen molar-refractivity contribution >= 4 is 5.71 Å². The number of hydrogen-bond acceptors (Lipinski definition) is 2. The van der Waals surface area contributed by atoms with Crippen molar-refractivity contribution in [1.29, 1.82) is 0 Å². The Morgan fingerprint density at radius 2 is 1.60 bits per heavy atom. The van der Waals surface area contributed by atoms with E-state index in [1.165, 1.54) is 57.1 Å². The molecule has 2 heteroatoms. The summed E-state index contributed by atoms with van der Waals surface area (Å²) in [4.78, 5) is 5.08. The lowest BCUT2D eigenvalue weighted by Crippen LogP contribution is -2.44. The zero-order chi connectivity index (χ0) is 13.5. The summed E-state index contributed by atoms with van der Waals surface area (Å²) in [5.41, 5.74) is 1.39. The van der Waals surface area contributed by atoms with Crippen LogP contribution in [0.2, 0.25) is 0 Å². The van der Waals surface area contributed by atoms with Gasteiger partial charge in [-0.2, -0.15) is 0 Å². The van der Waals surface area contributed by atoms with E-state index in [0.717, 1.165) is 35.5 Å². The van der Waals surface area contributed by atoms with Crippen LogP contribution >= 0.6 is 0 Å². The van der Waals surface area contributed by atoms with Crippen LogP contribution in [0, 0.1) is 35.5 Å². The van der Waals surface area contributed by atoms with E-state index >= 15 is 0 Å². The van der Waals surface area contributed by atoms with Crippen LogP contribution in [0.5, 0.6) is 0 Å². The minimum absolute atomic E-state index is 0.774. The maximum atomic E-state index is 5.08. The normalized spacial score (nSPS) is 49.4. The van der Waals surface area contributed by atoms with Gasteiger partial charge in [0, 0.05) is 5.92 Å². The van der Waals surface area contributed by atoms with Crippen molar-refractivity contribution in [2.45, 2.75) is 64.2 Å². The van der Waals surface area contributed by atoms with E-state index in [1.54, 1.807) is 20.0 Å². The first kappa shape index (κ1) is 13.2. The van der Waals surface area contributed by atoms with Gasteiger partial charge in [0.2, 0.25) is 0 Å². The van der Waals surface area contributed by atoms with Gasteiger partial charge < -0.3 is 4.84 Å². The van der Waals surface area contributed by atoms with Gasteiger partial charge in [0.15, 0.2) is 0 Å². The molecular weight excluding hydrogens is 246 g/mol. The molecule has 6 unspecified atom stereocenters. The van der Waals surface area contributed by atoms with Crippen molar-refractivity contribution in [3.8, 4) is 0 Å². The molecule has 4 fully saturated rings. The Kier molecular flexibility index (Phi) is 3.52. The van der Waals surface area contributed by atoms with Crippen LogP contribution in [0.25, 0.3) is 0 Å². The molecule has 0 saturated heterocycles. The van der Waals surface area contributed by atoms with E-state index in [2.05, 4.69) is 5.16 Å². The lowest BCUT2D eigenvalue weighted by molar-refractivity contribution is -0.0117. The molecule has 4 rings (SSSR count). The Bertz CT molecular complexity index is 391. The molecule has 0 radical (unpaired) electrons. The molecule has 2 nitrogen and oxygen atoms in total. The second kappa shape index (κ2) is 5.35. The summed E-state index contributed by atoms with van der Waals surface area (Å²) in [5, 5.41) is 4.34. The molecule has 4 aliphatic rings. The molecule has 0 bridgehead atoms. The van der Waals surface area contributed by atoms with Crippen LogP contribution in [0.1, 0.15) is 64.2 Å². The Balaban J connectivity index is 1.53. The Labute approximate surface area is 123 Å². The van der Waals surface area contributed by atoms with Crippen molar-refractivity contribution in [3.63, 3.8) is 0 Å². The Hall–Kier alpha value is -0.530. The maximum absolute atomic E-state index is 5.08. The number of oxime groups is 1. The van der Waals surface area contributed by atoms with Crippen molar-refractivity contribution in [2.24, 2.45) is 40.7 Å². The fourth-order valence-corrected chi connectivity index (χ4v) is 6.50. The predicted octanol–water partition coefficient (Wildman–Crippen LogP) is 4.64. The molecule has 0 spiro atoms. The highest BCUT2D eigenvalue weighted by Gasteiger charge is 2.50. The van der Waals surface area contributed by atoms with Crippen molar-refractivity contribution in [3.05, 3.63) is 0 Å². The Morgan fingerprint density at radius 3 is 2.50 bits per heavy atom. The fourth-order valence-electron chi connectivity index (χ4n) is 6.50. The monoisotopic (exact) mass is 275 g/mol. The first-order valence-electron chi connectivity index (χ1n) is 8.98. The van der Waals surface area contributed by atoms with Gasteiger partial charge in [0.25, 0.3) is 0 Å². The summed E-state index contributed by atoms with van der Waals surface area (Å²) >= 11 is 0. The van der Waals surface area contributed by atoms with E-state index < -0.39 is 0 Å². The highest BCUT2D eigenvalue weighted by Crippen LogP contribution is 2.57. The molecule has 4 aliphatic carbocycles.